The summed E-state index contributed by atoms with van der Waals surface area (Å²) in [6, 6.07) is 12.4. The van der Waals surface area contributed by atoms with Crippen LogP contribution in [0.2, 0.25) is 0 Å². The zero-order valence-corrected chi connectivity index (χ0v) is 16.8. The summed E-state index contributed by atoms with van der Waals surface area (Å²) < 4.78 is 35.2. The molecular weight excluding hydrogens is 382 g/mol. The van der Waals surface area contributed by atoms with Crippen molar-refractivity contribution in [3.8, 4) is 5.75 Å². The van der Waals surface area contributed by atoms with Crippen LogP contribution in [0.3, 0.4) is 0 Å². The van der Waals surface area contributed by atoms with Gasteiger partial charge in [-0.05, 0) is 43.7 Å². The van der Waals surface area contributed by atoms with Crippen molar-refractivity contribution in [2.45, 2.75) is 31.6 Å². The van der Waals surface area contributed by atoms with Crippen LogP contribution < -0.4 is 9.50 Å². The average molecular weight is 405 g/mol. The third kappa shape index (κ3) is 5.82. The first-order valence-corrected chi connectivity index (χ1v) is 10.2. The lowest BCUT2D eigenvalue weighted by Crippen LogP contribution is -2.31. The largest absolute Gasteiger partial charge is 0.465 e. The van der Waals surface area contributed by atoms with Crippen LogP contribution in [-0.4, -0.2) is 33.4 Å². The minimum atomic E-state index is -4.01. The predicted octanol–water partition coefficient (Wildman–Crippen LogP) is 2.55. The van der Waals surface area contributed by atoms with Crippen molar-refractivity contribution >= 4 is 22.0 Å². The number of carbonyl (C=O) groups excluding carboxylic acids is 2. The second kappa shape index (κ2) is 9.36. The summed E-state index contributed by atoms with van der Waals surface area (Å²) in [5.41, 5.74) is 1.40. The normalized spacial score (nSPS) is 12.1. The summed E-state index contributed by atoms with van der Waals surface area (Å²) >= 11 is 0. The zero-order chi connectivity index (χ0) is 20.7. The van der Waals surface area contributed by atoms with Gasteiger partial charge >= 0.3 is 16.1 Å². The lowest BCUT2D eigenvalue weighted by molar-refractivity contribution is -0.144. The molecule has 1 amide bonds. The predicted molar refractivity (Wildman–Crippen MR) is 103 cm³/mol. The second-order valence-corrected chi connectivity index (χ2v) is 7.71. The van der Waals surface area contributed by atoms with E-state index in [4.69, 9.17) is 8.92 Å². The van der Waals surface area contributed by atoms with Gasteiger partial charge in [-0.1, -0.05) is 29.8 Å². The third-order valence-electron chi connectivity index (χ3n) is 3.90. The number of rotatable bonds is 8. The Balaban J connectivity index is 2.28. The first-order valence-electron chi connectivity index (χ1n) is 8.75. The van der Waals surface area contributed by atoms with Crippen molar-refractivity contribution < 1.29 is 26.9 Å². The molecule has 0 saturated heterocycles. The Bertz CT molecular complexity index is 937. The number of hydrogen-bond acceptors (Lipinski definition) is 6. The molecule has 1 N–H and O–H groups in total. The lowest BCUT2D eigenvalue weighted by atomic mass is 9.99. The van der Waals surface area contributed by atoms with Gasteiger partial charge in [0.15, 0.2) is 0 Å². The third-order valence-corrected chi connectivity index (χ3v) is 5.16. The van der Waals surface area contributed by atoms with Crippen LogP contribution in [0.4, 0.5) is 0 Å². The standard InChI is InChI=1S/C20H23NO6S/c1-4-26-20(23)19(13-21-15(3)22)16-6-5-7-17(12-16)27-28(24,25)18-10-8-14(2)9-11-18/h5-12,19H,4,13H2,1-3H3,(H,21,22). The van der Waals surface area contributed by atoms with Gasteiger partial charge in [0, 0.05) is 13.5 Å². The monoisotopic (exact) mass is 405 g/mol. The fourth-order valence-electron chi connectivity index (χ4n) is 2.49. The molecule has 0 fully saturated rings. The van der Waals surface area contributed by atoms with E-state index in [1.807, 2.05) is 6.92 Å². The van der Waals surface area contributed by atoms with E-state index in [1.165, 1.54) is 31.2 Å². The molecule has 0 aliphatic carbocycles. The van der Waals surface area contributed by atoms with Gasteiger partial charge in [0.2, 0.25) is 5.91 Å². The molecule has 1 atom stereocenters. The number of aryl methyl sites for hydroxylation is 1. The van der Waals surface area contributed by atoms with Crippen LogP contribution in [0, 0.1) is 6.92 Å². The van der Waals surface area contributed by atoms with Crippen molar-refractivity contribution in [2.75, 3.05) is 13.2 Å². The van der Waals surface area contributed by atoms with Crippen LogP contribution in [-0.2, 0) is 24.4 Å². The number of carbonyl (C=O) groups is 2. The molecule has 0 radical (unpaired) electrons. The van der Waals surface area contributed by atoms with Gasteiger partial charge in [0.05, 0.1) is 12.5 Å². The Labute approximate surface area is 164 Å². The highest BCUT2D eigenvalue weighted by Gasteiger charge is 2.24. The molecule has 0 spiro atoms. The summed E-state index contributed by atoms with van der Waals surface area (Å²) in [6.07, 6.45) is 0. The highest BCUT2D eigenvalue weighted by Crippen LogP contribution is 2.25. The quantitative estimate of drug-likeness (QED) is 0.535. The van der Waals surface area contributed by atoms with Crippen molar-refractivity contribution in [1.82, 2.24) is 5.32 Å². The van der Waals surface area contributed by atoms with E-state index < -0.39 is 22.0 Å². The average Bonchev–Trinajstić information content (AvgIpc) is 2.62. The van der Waals surface area contributed by atoms with E-state index in [-0.39, 0.29) is 29.7 Å². The van der Waals surface area contributed by atoms with Crippen LogP contribution in [0.15, 0.2) is 53.4 Å². The molecule has 0 aromatic heterocycles. The van der Waals surface area contributed by atoms with Gasteiger partial charge in [0.25, 0.3) is 0 Å². The molecule has 2 rings (SSSR count). The Kier molecular flexibility index (Phi) is 7.17. The number of benzene rings is 2. The van der Waals surface area contributed by atoms with Crippen molar-refractivity contribution in [1.29, 1.82) is 0 Å². The molecule has 0 aliphatic rings. The molecule has 0 saturated carbocycles. The van der Waals surface area contributed by atoms with E-state index in [2.05, 4.69) is 5.32 Å². The fraction of sp³-hybridized carbons (Fsp3) is 0.300. The minimum Gasteiger partial charge on any atom is -0.465 e. The van der Waals surface area contributed by atoms with Crippen molar-refractivity contribution in [2.24, 2.45) is 0 Å². The van der Waals surface area contributed by atoms with Gasteiger partial charge in [-0.15, -0.1) is 0 Å². The maximum absolute atomic E-state index is 12.5. The van der Waals surface area contributed by atoms with E-state index in [1.54, 1.807) is 31.2 Å². The SMILES string of the molecule is CCOC(=O)C(CNC(C)=O)c1cccc(OS(=O)(=O)c2ccc(C)cc2)c1. The van der Waals surface area contributed by atoms with Crippen molar-refractivity contribution in [3.05, 3.63) is 59.7 Å². The van der Waals surface area contributed by atoms with E-state index >= 15 is 0 Å². The van der Waals surface area contributed by atoms with Crippen LogP contribution in [0.1, 0.15) is 30.9 Å². The number of esters is 1. The maximum Gasteiger partial charge on any atom is 0.339 e. The zero-order valence-electron chi connectivity index (χ0n) is 16.0. The summed E-state index contributed by atoms with van der Waals surface area (Å²) in [5.74, 6) is -1.52. The van der Waals surface area contributed by atoms with Crippen LogP contribution >= 0.6 is 0 Å². The van der Waals surface area contributed by atoms with E-state index in [0.29, 0.717) is 5.56 Å². The summed E-state index contributed by atoms with van der Waals surface area (Å²) in [5, 5.41) is 2.58. The van der Waals surface area contributed by atoms with Crippen LogP contribution in [0.5, 0.6) is 5.75 Å². The second-order valence-electron chi connectivity index (χ2n) is 6.16. The lowest BCUT2D eigenvalue weighted by Gasteiger charge is -2.17. The molecule has 0 bridgehead atoms. The topological polar surface area (TPSA) is 98.8 Å². The molecule has 2 aromatic rings. The Morgan fingerprint density at radius 1 is 1.11 bits per heavy atom. The molecule has 8 heteroatoms. The molecule has 0 aliphatic heterocycles. The Morgan fingerprint density at radius 3 is 2.39 bits per heavy atom. The number of hydrogen-bond donors (Lipinski definition) is 1. The smallest absolute Gasteiger partial charge is 0.339 e. The summed E-state index contributed by atoms with van der Waals surface area (Å²) in [7, 11) is -4.01. The van der Waals surface area contributed by atoms with E-state index in [9.17, 15) is 18.0 Å². The number of amides is 1. The maximum atomic E-state index is 12.5. The molecule has 2 aromatic carbocycles. The molecule has 28 heavy (non-hydrogen) atoms. The highest BCUT2D eigenvalue weighted by molar-refractivity contribution is 7.87. The van der Waals surface area contributed by atoms with Gasteiger partial charge in [-0.25, -0.2) is 0 Å². The first-order chi connectivity index (χ1) is 13.2. The molecular formula is C20H23NO6S. The minimum absolute atomic E-state index is 0.0301. The molecule has 1 unspecified atom stereocenters. The number of nitrogens with one attached hydrogen (secondary N) is 1. The van der Waals surface area contributed by atoms with Crippen molar-refractivity contribution in [3.63, 3.8) is 0 Å². The van der Waals surface area contributed by atoms with Gasteiger partial charge in [-0.3, -0.25) is 9.59 Å². The number of ether oxygens (including phenoxy) is 1. The summed E-state index contributed by atoms with van der Waals surface area (Å²) in [4.78, 5) is 23.5. The van der Waals surface area contributed by atoms with Crippen LogP contribution in [0.25, 0.3) is 0 Å². The highest BCUT2D eigenvalue weighted by atomic mass is 32.2. The molecule has 150 valence electrons. The fourth-order valence-corrected chi connectivity index (χ4v) is 3.41. The van der Waals surface area contributed by atoms with E-state index in [0.717, 1.165) is 5.56 Å². The van der Waals surface area contributed by atoms with Gasteiger partial charge < -0.3 is 14.2 Å². The molecule has 0 heterocycles. The Hall–Kier alpha value is -2.87. The molecule has 7 nitrogen and oxygen atoms in total. The first kappa shape index (κ1) is 21.4. The Morgan fingerprint density at radius 2 is 1.79 bits per heavy atom. The van der Waals surface area contributed by atoms with Gasteiger partial charge in [-0.2, -0.15) is 8.42 Å². The van der Waals surface area contributed by atoms with Gasteiger partial charge in [0.1, 0.15) is 10.6 Å². The summed E-state index contributed by atoms with van der Waals surface area (Å²) in [6.45, 7) is 5.10.